The maximum Gasteiger partial charge on any atom is 0.147 e. The van der Waals surface area contributed by atoms with E-state index in [-0.39, 0.29) is 17.6 Å². The van der Waals surface area contributed by atoms with Crippen molar-refractivity contribution < 1.29 is 12.8 Å². The Bertz CT molecular complexity index is 485. The topological polar surface area (TPSA) is 46.2 Å². The van der Waals surface area contributed by atoms with Crippen molar-refractivity contribution in [3.63, 3.8) is 0 Å². The molecular weight excluding hydrogens is 277 g/mol. The quantitative estimate of drug-likeness (QED) is 0.820. The lowest BCUT2D eigenvalue weighted by Gasteiger charge is -2.16. The van der Waals surface area contributed by atoms with E-state index in [1.54, 1.807) is 19.1 Å². The van der Waals surface area contributed by atoms with Gasteiger partial charge in [-0.3, -0.25) is 0 Å². The number of rotatable bonds is 6. The standard InChI is InChI=1S/C12H17ClFNO2S/c1-9(15-7-4-8-18(2,16)17)12-10(13)5-3-6-11(12)14/h3,5-6,9,15H,4,7-8H2,1-2H3/t9-/m0/s1. The first-order chi connectivity index (χ1) is 8.31. The van der Waals surface area contributed by atoms with E-state index in [0.29, 0.717) is 23.6 Å². The summed E-state index contributed by atoms with van der Waals surface area (Å²) >= 11 is 5.93. The smallest absolute Gasteiger partial charge is 0.147 e. The monoisotopic (exact) mass is 293 g/mol. The van der Waals surface area contributed by atoms with Crippen LogP contribution in [0.1, 0.15) is 24.9 Å². The molecule has 0 heterocycles. The molecule has 1 atom stereocenters. The van der Waals surface area contributed by atoms with Gasteiger partial charge in [-0.15, -0.1) is 0 Å². The summed E-state index contributed by atoms with van der Waals surface area (Å²) < 4.78 is 35.5. The van der Waals surface area contributed by atoms with Gasteiger partial charge < -0.3 is 5.32 Å². The fourth-order valence-corrected chi connectivity index (χ4v) is 2.67. The highest BCUT2D eigenvalue weighted by molar-refractivity contribution is 7.90. The molecule has 0 radical (unpaired) electrons. The average Bonchev–Trinajstić information content (AvgIpc) is 2.23. The van der Waals surface area contributed by atoms with Crippen molar-refractivity contribution in [3.05, 3.63) is 34.6 Å². The van der Waals surface area contributed by atoms with Gasteiger partial charge in [-0.05, 0) is 32.0 Å². The summed E-state index contributed by atoms with van der Waals surface area (Å²) in [6, 6.07) is 4.29. The third-order valence-corrected chi connectivity index (χ3v) is 3.93. The zero-order valence-corrected chi connectivity index (χ0v) is 12.0. The van der Waals surface area contributed by atoms with Crippen LogP contribution in [0.4, 0.5) is 4.39 Å². The van der Waals surface area contributed by atoms with Gasteiger partial charge in [0.1, 0.15) is 15.7 Å². The van der Waals surface area contributed by atoms with Gasteiger partial charge >= 0.3 is 0 Å². The molecule has 0 aliphatic heterocycles. The van der Waals surface area contributed by atoms with Crippen LogP contribution >= 0.6 is 11.6 Å². The first kappa shape index (κ1) is 15.4. The van der Waals surface area contributed by atoms with E-state index in [2.05, 4.69) is 5.32 Å². The molecule has 0 saturated carbocycles. The molecule has 0 saturated heterocycles. The molecular formula is C12H17ClFNO2S. The van der Waals surface area contributed by atoms with Gasteiger partial charge in [0.05, 0.1) is 5.75 Å². The number of hydrogen-bond acceptors (Lipinski definition) is 3. The number of halogens is 2. The summed E-state index contributed by atoms with van der Waals surface area (Å²) in [5.41, 5.74) is 0.415. The van der Waals surface area contributed by atoms with Crippen molar-refractivity contribution in [2.24, 2.45) is 0 Å². The fourth-order valence-electron chi connectivity index (χ4n) is 1.68. The number of hydrogen-bond donors (Lipinski definition) is 1. The Morgan fingerprint density at radius 3 is 2.67 bits per heavy atom. The minimum absolute atomic E-state index is 0.123. The molecule has 1 N–H and O–H groups in total. The Morgan fingerprint density at radius 1 is 1.44 bits per heavy atom. The summed E-state index contributed by atoms with van der Waals surface area (Å²) in [7, 11) is -2.94. The van der Waals surface area contributed by atoms with Crippen LogP contribution in [0.25, 0.3) is 0 Å². The molecule has 6 heteroatoms. The third kappa shape index (κ3) is 4.92. The Kier molecular flexibility index (Phi) is 5.56. The predicted octanol–water partition coefficient (Wildman–Crippen LogP) is 2.56. The number of nitrogens with one attached hydrogen (secondary N) is 1. The van der Waals surface area contributed by atoms with E-state index >= 15 is 0 Å². The predicted molar refractivity (Wildman–Crippen MR) is 72.2 cm³/mol. The van der Waals surface area contributed by atoms with E-state index in [1.807, 2.05) is 0 Å². The Balaban J connectivity index is 2.53. The molecule has 0 spiro atoms. The van der Waals surface area contributed by atoms with Gasteiger partial charge in [-0.2, -0.15) is 0 Å². The first-order valence-corrected chi connectivity index (χ1v) is 8.10. The van der Waals surface area contributed by atoms with Crippen LogP contribution in [-0.2, 0) is 9.84 Å². The van der Waals surface area contributed by atoms with Crippen molar-refractivity contribution in [1.82, 2.24) is 5.32 Å². The average molecular weight is 294 g/mol. The van der Waals surface area contributed by atoms with Crippen molar-refractivity contribution in [2.45, 2.75) is 19.4 Å². The minimum atomic E-state index is -2.94. The molecule has 1 aromatic carbocycles. The van der Waals surface area contributed by atoms with Gasteiger partial charge in [-0.1, -0.05) is 17.7 Å². The zero-order chi connectivity index (χ0) is 13.8. The highest BCUT2D eigenvalue weighted by atomic mass is 35.5. The van der Waals surface area contributed by atoms with Crippen molar-refractivity contribution >= 4 is 21.4 Å². The fraction of sp³-hybridized carbons (Fsp3) is 0.500. The van der Waals surface area contributed by atoms with E-state index in [4.69, 9.17) is 11.6 Å². The SMILES string of the molecule is C[C@H](NCCCS(C)(=O)=O)c1c(F)cccc1Cl. The van der Waals surface area contributed by atoms with Crippen molar-refractivity contribution in [2.75, 3.05) is 18.6 Å². The summed E-state index contributed by atoms with van der Waals surface area (Å²) in [6.07, 6.45) is 1.69. The minimum Gasteiger partial charge on any atom is -0.310 e. The lowest BCUT2D eigenvalue weighted by atomic mass is 10.1. The van der Waals surface area contributed by atoms with Crippen LogP contribution in [0.2, 0.25) is 5.02 Å². The molecule has 3 nitrogen and oxygen atoms in total. The molecule has 102 valence electrons. The molecule has 1 aromatic rings. The second-order valence-electron chi connectivity index (χ2n) is 4.29. The van der Waals surface area contributed by atoms with Gasteiger partial charge in [-0.25, -0.2) is 12.8 Å². The maximum absolute atomic E-state index is 13.6. The number of sulfone groups is 1. The van der Waals surface area contributed by atoms with Crippen LogP contribution in [0.5, 0.6) is 0 Å². The normalized spacial score (nSPS) is 13.6. The first-order valence-electron chi connectivity index (χ1n) is 5.66. The Morgan fingerprint density at radius 2 is 2.11 bits per heavy atom. The van der Waals surface area contributed by atoms with Crippen LogP contribution < -0.4 is 5.32 Å². The van der Waals surface area contributed by atoms with Crippen molar-refractivity contribution in [1.29, 1.82) is 0 Å². The van der Waals surface area contributed by atoms with E-state index in [9.17, 15) is 12.8 Å². The van der Waals surface area contributed by atoms with Crippen LogP contribution in [0.15, 0.2) is 18.2 Å². The molecule has 0 aliphatic rings. The molecule has 0 fully saturated rings. The van der Waals surface area contributed by atoms with Crippen LogP contribution in [0.3, 0.4) is 0 Å². The molecule has 0 unspecified atom stereocenters. The zero-order valence-electron chi connectivity index (χ0n) is 10.4. The van der Waals surface area contributed by atoms with Crippen LogP contribution in [-0.4, -0.2) is 27.0 Å². The van der Waals surface area contributed by atoms with E-state index in [1.165, 1.54) is 12.3 Å². The highest BCUT2D eigenvalue weighted by Crippen LogP contribution is 2.25. The van der Waals surface area contributed by atoms with Gasteiger partial charge in [0.15, 0.2) is 0 Å². The van der Waals surface area contributed by atoms with Gasteiger partial charge in [0.2, 0.25) is 0 Å². The molecule has 0 bridgehead atoms. The highest BCUT2D eigenvalue weighted by Gasteiger charge is 2.14. The van der Waals surface area contributed by atoms with Crippen LogP contribution in [0, 0.1) is 5.82 Å². The van der Waals surface area contributed by atoms with Gasteiger partial charge in [0.25, 0.3) is 0 Å². The molecule has 0 amide bonds. The Labute approximate surface area is 112 Å². The summed E-state index contributed by atoms with van der Waals surface area (Å²) in [6.45, 7) is 2.30. The summed E-state index contributed by atoms with van der Waals surface area (Å²) in [5, 5.41) is 3.44. The molecule has 18 heavy (non-hydrogen) atoms. The maximum atomic E-state index is 13.6. The number of benzene rings is 1. The van der Waals surface area contributed by atoms with E-state index < -0.39 is 9.84 Å². The lowest BCUT2D eigenvalue weighted by Crippen LogP contribution is -2.23. The van der Waals surface area contributed by atoms with Crippen molar-refractivity contribution in [3.8, 4) is 0 Å². The molecule has 1 rings (SSSR count). The Hall–Kier alpha value is -0.650. The van der Waals surface area contributed by atoms with E-state index in [0.717, 1.165) is 0 Å². The second kappa shape index (κ2) is 6.50. The largest absolute Gasteiger partial charge is 0.310 e. The summed E-state index contributed by atoms with van der Waals surface area (Å²) in [4.78, 5) is 0. The van der Waals surface area contributed by atoms with Gasteiger partial charge in [0, 0.05) is 22.9 Å². The molecule has 0 aromatic heterocycles. The second-order valence-corrected chi connectivity index (χ2v) is 6.96. The third-order valence-electron chi connectivity index (χ3n) is 2.58. The summed E-state index contributed by atoms with van der Waals surface area (Å²) in [5.74, 6) is -0.233. The lowest BCUT2D eigenvalue weighted by molar-refractivity contribution is 0.525. The molecule has 0 aliphatic carbocycles.